The summed E-state index contributed by atoms with van der Waals surface area (Å²) in [4.78, 5) is 0. The lowest BCUT2D eigenvalue weighted by atomic mass is 9.99. The molecule has 0 fully saturated rings. The molecule has 0 saturated carbocycles. The highest BCUT2D eigenvalue weighted by molar-refractivity contribution is 5.86. The molecule has 4 aromatic rings. The fourth-order valence-electron chi connectivity index (χ4n) is 3.30. The first-order valence-corrected chi connectivity index (χ1v) is 8.64. The minimum Gasteiger partial charge on any atom is -0.472 e. The van der Waals surface area contributed by atoms with Crippen LogP contribution in [0.5, 0.6) is 0 Å². The lowest BCUT2D eigenvalue weighted by Gasteiger charge is -2.17. The number of hydrogen-bond acceptors (Lipinski definition) is 2. The zero-order valence-electron chi connectivity index (χ0n) is 14.3. The van der Waals surface area contributed by atoms with Gasteiger partial charge < -0.3 is 9.73 Å². The average Bonchev–Trinajstić information content (AvgIpc) is 3.21. The Morgan fingerprint density at radius 2 is 1.72 bits per heavy atom. The molecule has 0 bridgehead atoms. The van der Waals surface area contributed by atoms with Crippen LogP contribution in [0, 0.1) is 0 Å². The Morgan fingerprint density at radius 3 is 2.60 bits per heavy atom. The van der Waals surface area contributed by atoms with Crippen LogP contribution in [0.25, 0.3) is 21.9 Å². The minimum absolute atomic E-state index is 0.281. The standard InChI is InChI=1S/C23H21NO/c1-17(22-11-5-8-19-7-2-3-10-23(19)22)24-15-18-6-4-9-20(14-18)21-12-13-25-16-21/h2-14,16-17,24H,15H2,1H3. The first kappa shape index (κ1) is 15.7. The molecule has 0 saturated heterocycles. The van der Waals surface area contributed by atoms with Gasteiger partial charge >= 0.3 is 0 Å². The van der Waals surface area contributed by atoms with Gasteiger partial charge in [0.05, 0.1) is 12.5 Å². The third-order valence-electron chi connectivity index (χ3n) is 4.68. The van der Waals surface area contributed by atoms with E-state index >= 15 is 0 Å². The topological polar surface area (TPSA) is 25.2 Å². The molecule has 25 heavy (non-hydrogen) atoms. The summed E-state index contributed by atoms with van der Waals surface area (Å²) in [6.45, 7) is 3.05. The monoisotopic (exact) mass is 327 g/mol. The molecule has 3 aromatic carbocycles. The van der Waals surface area contributed by atoms with Crippen molar-refractivity contribution in [2.24, 2.45) is 0 Å². The van der Waals surface area contributed by atoms with Gasteiger partial charge in [0.15, 0.2) is 0 Å². The summed E-state index contributed by atoms with van der Waals surface area (Å²) in [5.41, 5.74) is 4.91. The Kier molecular flexibility index (Phi) is 4.36. The molecule has 1 N–H and O–H groups in total. The Bertz CT molecular complexity index is 967. The van der Waals surface area contributed by atoms with Crippen LogP contribution in [-0.4, -0.2) is 0 Å². The number of fused-ring (bicyclic) bond motifs is 1. The molecule has 2 nitrogen and oxygen atoms in total. The zero-order chi connectivity index (χ0) is 17.1. The highest BCUT2D eigenvalue weighted by atomic mass is 16.3. The zero-order valence-corrected chi connectivity index (χ0v) is 14.3. The largest absolute Gasteiger partial charge is 0.472 e. The fraction of sp³-hybridized carbons (Fsp3) is 0.130. The number of rotatable bonds is 5. The van der Waals surface area contributed by atoms with E-state index in [-0.39, 0.29) is 6.04 Å². The second-order valence-electron chi connectivity index (χ2n) is 6.38. The molecule has 0 spiro atoms. The smallest absolute Gasteiger partial charge is 0.0980 e. The Balaban J connectivity index is 1.52. The first-order chi connectivity index (χ1) is 12.3. The van der Waals surface area contributed by atoms with Gasteiger partial charge in [0.25, 0.3) is 0 Å². The van der Waals surface area contributed by atoms with Crippen molar-refractivity contribution in [1.82, 2.24) is 5.32 Å². The molecule has 0 aliphatic rings. The molecule has 0 aliphatic carbocycles. The van der Waals surface area contributed by atoms with E-state index in [9.17, 15) is 0 Å². The van der Waals surface area contributed by atoms with Crippen molar-refractivity contribution >= 4 is 10.8 Å². The molecule has 4 rings (SSSR count). The number of hydrogen-bond donors (Lipinski definition) is 1. The highest BCUT2D eigenvalue weighted by Crippen LogP contribution is 2.25. The minimum atomic E-state index is 0.281. The molecule has 0 aliphatic heterocycles. The highest BCUT2D eigenvalue weighted by Gasteiger charge is 2.09. The van der Waals surface area contributed by atoms with Crippen molar-refractivity contribution in [2.45, 2.75) is 19.5 Å². The summed E-state index contributed by atoms with van der Waals surface area (Å²) in [7, 11) is 0. The summed E-state index contributed by atoms with van der Waals surface area (Å²) >= 11 is 0. The Labute approximate surface area is 148 Å². The second-order valence-corrected chi connectivity index (χ2v) is 6.38. The van der Waals surface area contributed by atoms with Crippen LogP contribution >= 0.6 is 0 Å². The molecule has 1 heterocycles. The third-order valence-corrected chi connectivity index (χ3v) is 4.68. The molecule has 0 radical (unpaired) electrons. The Morgan fingerprint density at radius 1 is 0.880 bits per heavy atom. The van der Waals surface area contributed by atoms with E-state index in [4.69, 9.17) is 4.42 Å². The lowest BCUT2D eigenvalue weighted by molar-refractivity contribution is 0.568. The number of furan rings is 1. The van der Waals surface area contributed by atoms with Crippen molar-refractivity contribution in [3.05, 3.63) is 96.4 Å². The summed E-state index contributed by atoms with van der Waals surface area (Å²) in [6, 6.07) is 25.9. The van der Waals surface area contributed by atoms with E-state index in [1.54, 1.807) is 12.5 Å². The summed E-state index contributed by atoms with van der Waals surface area (Å²) < 4.78 is 5.19. The predicted octanol–water partition coefficient (Wildman–Crippen LogP) is 5.95. The van der Waals surface area contributed by atoms with Gasteiger partial charge in [-0.1, -0.05) is 60.7 Å². The third kappa shape index (κ3) is 3.35. The van der Waals surface area contributed by atoms with Gasteiger partial charge in [-0.15, -0.1) is 0 Å². The van der Waals surface area contributed by atoms with Crippen LogP contribution in [0.3, 0.4) is 0 Å². The lowest BCUT2D eigenvalue weighted by Crippen LogP contribution is -2.18. The van der Waals surface area contributed by atoms with Crippen LogP contribution in [0.4, 0.5) is 0 Å². The van der Waals surface area contributed by atoms with Crippen molar-refractivity contribution in [2.75, 3.05) is 0 Å². The van der Waals surface area contributed by atoms with E-state index in [2.05, 4.69) is 79.0 Å². The predicted molar refractivity (Wildman–Crippen MR) is 103 cm³/mol. The summed E-state index contributed by atoms with van der Waals surface area (Å²) in [6.07, 6.45) is 3.49. The van der Waals surface area contributed by atoms with Crippen molar-refractivity contribution < 1.29 is 4.42 Å². The van der Waals surface area contributed by atoms with Gasteiger partial charge in [0.2, 0.25) is 0 Å². The van der Waals surface area contributed by atoms with E-state index in [0.717, 1.165) is 12.1 Å². The molecule has 1 unspecified atom stereocenters. The quantitative estimate of drug-likeness (QED) is 0.490. The Hall–Kier alpha value is -2.84. The van der Waals surface area contributed by atoms with Crippen molar-refractivity contribution in [3.8, 4) is 11.1 Å². The van der Waals surface area contributed by atoms with Gasteiger partial charge in [-0.2, -0.15) is 0 Å². The summed E-state index contributed by atoms with van der Waals surface area (Å²) in [5, 5.41) is 6.26. The van der Waals surface area contributed by atoms with Gasteiger partial charge in [-0.05, 0) is 46.5 Å². The maximum Gasteiger partial charge on any atom is 0.0980 e. The molecular formula is C23H21NO. The van der Waals surface area contributed by atoms with Gasteiger partial charge in [-0.3, -0.25) is 0 Å². The number of benzene rings is 3. The van der Waals surface area contributed by atoms with Crippen LogP contribution in [0.2, 0.25) is 0 Å². The first-order valence-electron chi connectivity index (χ1n) is 8.64. The average molecular weight is 327 g/mol. The molecule has 2 heteroatoms. The van der Waals surface area contributed by atoms with Crippen LogP contribution in [0.1, 0.15) is 24.1 Å². The molecular weight excluding hydrogens is 306 g/mol. The molecule has 1 aromatic heterocycles. The van der Waals surface area contributed by atoms with Crippen LogP contribution in [0.15, 0.2) is 89.7 Å². The molecule has 124 valence electrons. The van der Waals surface area contributed by atoms with Gasteiger partial charge in [-0.25, -0.2) is 0 Å². The summed E-state index contributed by atoms with van der Waals surface area (Å²) in [5.74, 6) is 0. The molecule has 1 atom stereocenters. The van der Waals surface area contributed by atoms with Crippen molar-refractivity contribution in [1.29, 1.82) is 0 Å². The maximum atomic E-state index is 5.19. The fourth-order valence-corrected chi connectivity index (χ4v) is 3.30. The van der Waals surface area contributed by atoms with Gasteiger partial charge in [0.1, 0.15) is 0 Å². The van der Waals surface area contributed by atoms with E-state index in [0.29, 0.717) is 0 Å². The second kappa shape index (κ2) is 6.96. The number of nitrogens with one attached hydrogen (secondary N) is 1. The maximum absolute atomic E-state index is 5.19. The van der Waals surface area contributed by atoms with E-state index < -0.39 is 0 Å². The van der Waals surface area contributed by atoms with E-state index in [1.807, 2.05) is 6.07 Å². The van der Waals surface area contributed by atoms with Gasteiger partial charge in [0, 0.05) is 18.2 Å². The van der Waals surface area contributed by atoms with Crippen molar-refractivity contribution in [3.63, 3.8) is 0 Å². The van der Waals surface area contributed by atoms with Crippen LogP contribution in [-0.2, 0) is 6.54 Å². The van der Waals surface area contributed by atoms with E-state index in [1.165, 1.54) is 27.5 Å². The normalized spacial score (nSPS) is 12.4. The van der Waals surface area contributed by atoms with Crippen LogP contribution < -0.4 is 5.32 Å². The SMILES string of the molecule is CC(NCc1cccc(-c2ccoc2)c1)c1cccc2ccccc12. The molecule has 0 amide bonds.